The molecule has 4 nitrogen and oxygen atoms in total. The molecule has 3 rings (SSSR count). The molecule has 0 bridgehead atoms. The van der Waals surface area contributed by atoms with E-state index in [-0.39, 0.29) is 0 Å². The lowest BCUT2D eigenvalue weighted by atomic mass is 10.1. The molecule has 0 amide bonds. The van der Waals surface area contributed by atoms with Gasteiger partial charge in [-0.2, -0.15) is 11.8 Å². The molecule has 6 heteroatoms. The molecule has 0 fully saturated rings. The Morgan fingerprint density at radius 2 is 1.86 bits per heavy atom. The van der Waals surface area contributed by atoms with E-state index in [4.69, 9.17) is 0 Å². The molecule has 2 heterocycles. The van der Waals surface area contributed by atoms with Gasteiger partial charge in [0.15, 0.2) is 10.8 Å². The monoisotopic (exact) mass is 329 g/mol. The van der Waals surface area contributed by atoms with Gasteiger partial charge < -0.3 is 5.11 Å². The minimum atomic E-state index is -0.443. The van der Waals surface area contributed by atoms with Crippen LogP contribution >= 0.6 is 23.1 Å². The second-order valence-electron chi connectivity index (χ2n) is 4.66. The minimum Gasteiger partial charge on any atom is -0.388 e. The smallest absolute Gasteiger partial charge is 0.188 e. The van der Waals surface area contributed by atoms with Crippen LogP contribution in [0.5, 0.6) is 0 Å². The van der Waals surface area contributed by atoms with Crippen LogP contribution in [-0.4, -0.2) is 25.8 Å². The van der Waals surface area contributed by atoms with Gasteiger partial charge in [0, 0.05) is 29.3 Å². The normalized spacial score (nSPS) is 12.2. The van der Waals surface area contributed by atoms with Gasteiger partial charge in [0.1, 0.15) is 0 Å². The molecule has 2 aromatic heterocycles. The van der Waals surface area contributed by atoms with E-state index in [1.807, 2.05) is 35.7 Å². The number of benzene rings is 1. The van der Waals surface area contributed by atoms with Gasteiger partial charge >= 0.3 is 0 Å². The number of aliphatic hydroxyl groups excluding tert-OH is 1. The Hall–Kier alpha value is -1.76. The fourth-order valence-electron chi connectivity index (χ4n) is 1.93. The lowest BCUT2D eigenvalue weighted by Crippen LogP contribution is -2.00. The van der Waals surface area contributed by atoms with Crippen LogP contribution < -0.4 is 0 Å². The summed E-state index contributed by atoms with van der Waals surface area (Å²) in [5.41, 5.74) is 1.95. The Balaban J connectivity index is 1.53. The van der Waals surface area contributed by atoms with Crippen molar-refractivity contribution in [3.05, 3.63) is 65.4 Å². The van der Waals surface area contributed by atoms with Crippen molar-refractivity contribution >= 4 is 23.1 Å². The van der Waals surface area contributed by atoms with Crippen molar-refractivity contribution in [3.63, 3.8) is 0 Å². The summed E-state index contributed by atoms with van der Waals surface area (Å²) in [6.45, 7) is 0. The molecule has 1 N–H and O–H groups in total. The van der Waals surface area contributed by atoms with Crippen LogP contribution in [0.4, 0.5) is 0 Å². The molecule has 0 saturated heterocycles. The average molecular weight is 329 g/mol. The molecule has 1 atom stereocenters. The molecule has 112 valence electrons. The van der Waals surface area contributed by atoms with Crippen molar-refractivity contribution in [1.82, 2.24) is 15.0 Å². The zero-order chi connectivity index (χ0) is 15.2. The Morgan fingerprint density at radius 3 is 2.64 bits per heavy atom. The maximum absolute atomic E-state index is 10.1. The van der Waals surface area contributed by atoms with Gasteiger partial charge in [-0.25, -0.2) is 15.0 Å². The summed E-state index contributed by atoms with van der Waals surface area (Å²) in [7, 11) is 0. The topological polar surface area (TPSA) is 58.9 Å². The predicted octanol–water partition coefficient (Wildman–Crippen LogP) is 3.57. The summed E-state index contributed by atoms with van der Waals surface area (Å²) in [5.74, 6) is 2.08. The first-order valence-electron chi connectivity index (χ1n) is 6.85. The average Bonchev–Trinajstić information content (AvgIpc) is 3.05. The summed E-state index contributed by atoms with van der Waals surface area (Å²) >= 11 is 3.22. The second-order valence-corrected chi connectivity index (χ2v) is 6.55. The van der Waals surface area contributed by atoms with Crippen LogP contribution in [0.15, 0.2) is 54.2 Å². The first-order valence-corrected chi connectivity index (χ1v) is 8.89. The summed E-state index contributed by atoms with van der Waals surface area (Å²) in [6.07, 6.45) is 2.99. The minimum absolute atomic E-state index is 0.443. The van der Waals surface area contributed by atoms with Crippen LogP contribution in [-0.2, 0) is 5.75 Å². The van der Waals surface area contributed by atoms with E-state index in [2.05, 4.69) is 15.0 Å². The zero-order valence-corrected chi connectivity index (χ0v) is 13.4. The van der Waals surface area contributed by atoms with Gasteiger partial charge in [0.2, 0.25) is 0 Å². The SMILES string of the molecule is OC(CSCc1csc(-c2ncccn2)n1)c1ccccc1. The van der Waals surface area contributed by atoms with Crippen molar-refractivity contribution in [3.8, 4) is 10.8 Å². The van der Waals surface area contributed by atoms with Crippen molar-refractivity contribution in [2.45, 2.75) is 11.9 Å². The quantitative estimate of drug-likeness (QED) is 0.749. The number of rotatable bonds is 6. The summed E-state index contributed by atoms with van der Waals surface area (Å²) < 4.78 is 0. The predicted molar refractivity (Wildman–Crippen MR) is 90.7 cm³/mol. The van der Waals surface area contributed by atoms with Crippen molar-refractivity contribution in [1.29, 1.82) is 0 Å². The summed E-state index contributed by atoms with van der Waals surface area (Å²) in [6, 6.07) is 11.5. The summed E-state index contributed by atoms with van der Waals surface area (Å²) in [4.78, 5) is 12.9. The number of hydrogen-bond acceptors (Lipinski definition) is 6. The molecule has 1 aromatic carbocycles. The van der Waals surface area contributed by atoms with Crippen LogP contribution in [0.3, 0.4) is 0 Å². The molecule has 0 radical (unpaired) electrons. The van der Waals surface area contributed by atoms with Crippen molar-refractivity contribution < 1.29 is 5.11 Å². The molecular formula is C16H15N3OS2. The standard InChI is InChI=1S/C16H15N3OS2/c20-14(12-5-2-1-3-6-12)11-21-9-13-10-22-16(19-13)15-17-7-4-8-18-15/h1-8,10,14,20H,9,11H2. The number of thioether (sulfide) groups is 1. The van der Waals surface area contributed by atoms with E-state index in [0.717, 1.165) is 22.0 Å². The van der Waals surface area contributed by atoms with Crippen LogP contribution in [0, 0.1) is 0 Å². The molecule has 1 unspecified atom stereocenters. The third-order valence-corrected chi connectivity index (χ3v) is 4.96. The second kappa shape index (κ2) is 7.49. The third-order valence-electron chi connectivity index (χ3n) is 3.02. The lowest BCUT2D eigenvalue weighted by molar-refractivity contribution is 0.204. The molecule has 22 heavy (non-hydrogen) atoms. The molecule has 0 saturated carbocycles. The van der Waals surface area contributed by atoms with Crippen LogP contribution in [0.25, 0.3) is 10.8 Å². The summed E-state index contributed by atoms with van der Waals surface area (Å²) in [5, 5.41) is 13.0. The highest BCUT2D eigenvalue weighted by Crippen LogP contribution is 2.24. The third kappa shape index (κ3) is 3.91. The zero-order valence-electron chi connectivity index (χ0n) is 11.8. The number of hydrogen-bond donors (Lipinski definition) is 1. The maximum Gasteiger partial charge on any atom is 0.188 e. The first kappa shape index (κ1) is 15.1. The van der Waals surface area contributed by atoms with E-state index >= 15 is 0 Å². The van der Waals surface area contributed by atoms with Crippen molar-refractivity contribution in [2.75, 3.05) is 5.75 Å². The number of nitrogens with zero attached hydrogens (tertiary/aromatic N) is 3. The van der Waals surface area contributed by atoms with Gasteiger partial charge in [-0.1, -0.05) is 30.3 Å². The Kier molecular flexibility index (Phi) is 5.15. The molecule has 0 aliphatic rings. The van der Waals surface area contributed by atoms with Crippen molar-refractivity contribution in [2.24, 2.45) is 0 Å². The fourth-order valence-corrected chi connectivity index (χ4v) is 3.69. The van der Waals surface area contributed by atoms with Gasteiger partial charge in [-0.05, 0) is 11.6 Å². The molecule has 0 spiro atoms. The Morgan fingerprint density at radius 1 is 1.09 bits per heavy atom. The largest absolute Gasteiger partial charge is 0.388 e. The van der Waals surface area contributed by atoms with Gasteiger partial charge in [-0.15, -0.1) is 11.3 Å². The fraction of sp³-hybridized carbons (Fsp3) is 0.188. The van der Waals surface area contributed by atoms with E-state index in [1.165, 1.54) is 0 Å². The highest BCUT2D eigenvalue weighted by molar-refractivity contribution is 7.98. The van der Waals surface area contributed by atoms with E-state index in [0.29, 0.717) is 11.6 Å². The maximum atomic E-state index is 10.1. The number of aromatic nitrogens is 3. The molecule has 0 aliphatic carbocycles. The van der Waals surface area contributed by atoms with Crippen LogP contribution in [0.1, 0.15) is 17.4 Å². The lowest BCUT2D eigenvalue weighted by Gasteiger charge is -2.09. The van der Waals surface area contributed by atoms with E-state index < -0.39 is 6.10 Å². The number of thiazole rings is 1. The highest BCUT2D eigenvalue weighted by Gasteiger charge is 2.09. The Bertz CT molecular complexity index is 704. The van der Waals surface area contributed by atoms with E-state index in [1.54, 1.807) is 41.6 Å². The van der Waals surface area contributed by atoms with E-state index in [9.17, 15) is 5.11 Å². The van der Waals surface area contributed by atoms with Crippen LogP contribution in [0.2, 0.25) is 0 Å². The highest BCUT2D eigenvalue weighted by atomic mass is 32.2. The van der Waals surface area contributed by atoms with Gasteiger partial charge in [0.05, 0.1) is 11.8 Å². The Labute approximate surface area is 137 Å². The first-order chi connectivity index (χ1) is 10.8. The van der Waals surface area contributed by atoms with Gasteiger partial charge in [0.25, 0.3) is 0 Å². The van der Waals surface area contributed by atoms with Gasteiger partial charge in [-0.3, -0.25) is 0 Å². The number of aliphatic hydroxyl groups is 1. The molecular weight excluding hydrogens is 314 g/mol. The molecule has 3 aromatic rings. The molecule has 0 aliphatic heterocycles.